The lowest BCUT2D eigenvalue weighted by Crippen LogP contribution is -2.28. The fourth-order valence-electron chi connectivity index (χ4n) is 8.99. The molecule has 0 saturated carbocycles. The van der Waals surface area contributed by atoms with Crippen LogP contribution in [0, 0.1) is 0 Å². The lowest BCUT2D eigenvalue weighted by molar-refractivity contribution is 0.769. The van der Waals surface area contributed by atoms with E-state index in [0.29, 0.717) is 0 Å². The molecule has 0 spiro atoms. The van der Waals surface area contributed by atoms with Gasteiger partial charge in [-0.3, -0.25) is 0 Å². The summed E-state index contributed by atoms with van der Waals surface area (Å²) in [5.74, 6) is 0. The van der Waals surface area contributed by atoms with E-state index < -0.39 is 5.41 Å². The zero-order valence-corrected chi connectivity index (χ0v) is 31.5. The van der Waals surface area contributed by atoms with Gasteiger partial charge >= 0.3 is 0 Å². The molecule has 0 saturated heterocycles. The summed E-state index contributed by atoms with van der Waals surface area (Å²) in [4.78, 5) is 0. The molecule has 0 bridgehead atoms. The summed E-state index contributed by atoms with van der Waals surface area (Å²) in [6.45, 7) is 0. The Hall–Kier alpha value is -6.73. The maximum atomic E-state index is 6.86. The molecule has 9 aromatic carbocycles. The van der Waals surface area contributed by atoms with Crippen LogP contribution in [0.5, 0.6) is 0 Å². The summed E-state index contributed by atoms with van der Waals surface area (Å²) in [7, 11) is 0. The summed E-state index contributed by atoms with van der Waals surface area (Å²) in [6.07, 6.45) is 0. The molecule has 1 atom stereocenters. The first-order valence-corrected chi connectivity index (χ1v) is 19.6. The second-order valence-corrected chi connectivity index (χ2v) is 14.9. The Kier molecular flexibility index (Phi) is 8.55. The number of benzene rings is 9. The van der Waals surface area contributed by atoms with Crippen molar-refractivity contribution in [3.05, 3.63) is 252 Å². The maximum Gasteiger partial charge on any atom is 0.0714 e. The molecule has 1 aliphatic rings. The first kappa shape index (κ1) is 33.8. The van der Waals surface area contributed by atoms with Gasteiger partial charge in [0.2, 0.25) is 0 Å². The maximum absolute atomic E-state index is 6.86. The zero-order valence-electron chi connectivity index (χ0n) is 30.7. The average Bonchev–Trinajstić information content (AvgIpc) is 3.59. The van der Waals surface area contributed by atoms with Crippen molar-refractivity contribution in [2.45, 2.75) is 5.41 Å². The Bertz CT molecular complexity index is 2860. The molecule has 0 N–H and O–H groups in total. The van der Waals surface area contributed by atoms with E-state index in [1.165, 1.54) is 66.8 Å². The molecule has 9 aromatic rings. The molecule has 1 aliphatic carbocycles. The molecule has 10 rings (SSSR count). The van der Waals surface area contributed by atoms with Crippen LogP contribution >= 0.6 is 11.6 Å². The van der Waals surface area contributed by atoms with Gasteiger partial charge in [0, 0.05) is 10.6 Å². The van der Waals surface area contributed by atoms with Crippen molar-refractivity contribution in [1.29, 1.82) is 0 Å². The van der Waals surface area contributed by atoms with Crippen molar-refractivity contribution in [2.75, 3.05) is 0 Å². The van der Waals surface area contributed by atoms with Gasteiger partial charge in [-0.1, -0.05) is 206 Å². The Balaban J connectivity index is 1.26. The first-order valence-electron chi connectivity index (χ1n) is 19.2. The first-order chi connectivity index (χ1) is 27.7. The van der Waals surface area contributed by atoms with Gasteiger partial charge in [0.1, 0.15) is 0 Å². The van der Waals surface area contributed by atoms with Crippen LogP contribution in [-0.2, 0) is 5.41 Å². The van der Waals surface area contributed by atoms with Crippen LogP contribution in [-0.4, -0.2) is 0 Å². The SMILES string of the molecule is Clc1ccccc1-c1ccccc1-c1cc(-c2ccccc2)cc(-c2cccc3c2-c2ccccc2C3(c2ccccc2)c2cccc(-c3ccccc3)c2)c1. The van der Waals surface area contributed by atoms with E-state index in [1.807, 2.05) is 12.1 Å². The molecule has 264 valence electrons. The topological polar surface area (TPSA) is 0 Å². The van der Waals surface area contributed by atoms with E-state index in [9.17, 15) is 0 Å². The van der Waals surface area contributed by atoms with E-state index >= 15 is 0 Å². The molecule has 0 aliphatic heterocycles. The molecule has 1 heteroatoms. The van der Waals surface area contributed by atoms with Gasteiger partial charge in [-0.2, -0.15) is 0 Å². The van der Waals surface area contributed by atoms with Crippen LogP contribution in [0.15, 0.2) is 224 Å². The van der Waals surface area contributed by atoms with E-state index in [1.54, 1.807) is 0 Å². The minimum absolute atomic E-state index is 0.537. The predicted octanol–water partition coefficient (Wildman–Crippen LogP) is 15.0. The lowest BCUT2D eigenvalue weighted by atomic mass is 9.67. The van der Waals surface area contributed by atoms with E-state index in [2.05, 4.69) is 212 Å². The number of hydrogen-bond donors (Lipinski definition) is 0. The zero-order chi connectivity index (χ0) is 37.5. The molecule has 0 fully saturated rings. The normalized spacial score (nSPS) is 14.2. The van der Waals surface area contributed by atoms with Gasteiger partial charge in [-0.05, 0) is 114 Å². The van der Waals surface area contributed by atoms with Crippen LogP contribution in [0.4, 0.5) is 0 Å². The fourth-order valence-corrected chi connectivity index (χ4v) is 9.23. The Morgan fingerprint density at radius 1 is 0.268 bits per heavy atom. The van der Waals surface area contributed by atoms with Crippen molar-refractivity contribution < 1.29 is 0 Å². The largest absolute Gasteiger partial charge is 0.0837 e. The summed E-state index contributed by atoms with van der Waals surface area (Å²) in [5, 5.41) is 0.741. The highest BCUT2D eigenvalue weighted by atomic mass is 35.5. The summed E-state index contributed by atoms with van der Waals surface area (Å²) < 4.78 is 0. The number of halogens is 1. The van der Waals surface area contributed by atoms with Crippen LogP contribution in [0.2, 0.25) is 5.02 Å². The van der Waals surface area contributed by atoms with Crippen LogP contribution in [0.3, 0.4) is 0 Å². The molecule has 56 heavy (non-hydrogen) atoms. The van der Waals surface area contributed by atoms with Crippen LogP contribution < -0.4 is 0 Å². The van der Waals surface area contributed by atoms with Gasteiger partial charge in [0.15, 0.2) is 0 Å². The molecule has 0 amide bonds. The third kappa shape index (κ3) is 5.61. The lowest BCUT2D eigenvalue weighted by Gasteiger charge is -2.34. The highest BCUT2D eigenvalue weighted by Gasteiger charge is 2.47. The third-order valence-electron chi connectivity index (χ3n) is 11.4. The quantitative estimate of drug-likeness (QED) is 0.153. The standard InChI is InChI=1S/C55H37Cl/c56-53-33-15-13-28-49(53)48-27-11-10-26-46(48)42-34-41(39-20-6-2-7-21-39)35-43(36-42)47-30-17-32-52-54(47)50-29-12-14-31-51(50)55(52,44-23-8-3-9-24-44)45-25-16-22-40(37-45)38-18-4-1-5-19-38/h1-37H. The number of rotatable bonds is 7. The summed E-state index contributed by atoms with van der Waals surface area (Å²) >= 11 is 6.86. The minimum atomic E-state index is -0.537. The second-order valence-electron chi connectivity index (χ2n) is 14.5. The van der Waals surface area contributed by atoms with Crippen molar-refractivity contribution in [3.8, 4) is 66.8 Å². The average molecular weight is 733 g/mol. The molecule has 0 radical (unpaired) electrons. The van der Waals surface area contributed by atoms with Gasteiger partial charge in [0.05, 0.1) is 5.41 Å². The third-order valence-corrected chi connectivity index (χ3v) is 11.8. The van der Waals surface area contributed by atoms with E-state index in [0.717, 1.165) is 27.3 Å². The Morgan fingerprint density at radius 3 is 1.45 bits per heavy atom. The highest BCUT2D eigenvalue weighted by Crippen LogP contribution is 2.58. The van der Waals surface area contributed by atoms with Crippen LogP contribution in [0.25, 0.3) is 66.8 Å². The van der Waals surface area contributed by atoms with Crippen molar-refractivity contribution in [1.82, 2.24) is 0 Å². The predicted molar refractivity (Wildman–Crippen MR) is 236 cm³/mol. The monoisotopic (exact) mass is 732 g/mol. The molecule has 0 heterocycles. The van der Waals surface area contributed by atoms with E-state index in [-0.39, 0.29) is 0 Å². The van der Waals surface area contributed by atoms with Crippen LogP contribution in [0.1, 0.15) is 22.3 Å². The van der Waals surface area contributed by atoms with Crippen molar-refractivity contribution >= 4 is 11.6 Å². The number of fused-ring (bicyclic) bond motifs is 3. The van der Waals surface area contributed by atoms with Gasteiger partial charge < -0.3 is 0 Å². The van der Waals surface area contributed by atoms with Gasteiger partial charge in [0.25, 0.3) is 0 Å². The Morgan fingerprint density at radius 2 is 0.732 bits per heavy atom. The van der Waals surface area contributed by atoms with Crippen molar-refractivity contribution in [3.63, 3.8) is 0 Å². The smallest absolute Gasteiger partial charge is 0.0714 e. The molecule has 1 unspecified atom stereocenters. The van der Waals surface area contributed by atoms with Gasteiger partial charge in [-0.15, -0.1) is 0 Å². The summed E-state index contributed by atoms with van der Waals surface area (Å²) in [6, 6.07) is 81.5. The molecular weight excluding hydrogens is 696 g/mol. The molecule has 0 nitrogen and oxygen atoms in total. The fraction of sp³-hybridized carbons (Fsp3) is 0.0182. The molecule has 0 aromatic heterocycles. The van der Waals surface area contributed by atoms with Gasteiger partial charge in [-0.25, -0.2) is 0 Å². The second kappa shape index (κ2) is 14.2. The number of hydrogen-bond acceptors (Lipinski definition) is 0. The highest BCUT2D eigenvalue weighted by molar-refractivity contribution is 6.33. The minimum Gasteiger partial charge on any atom is -0.0837 e. The molecular formula is C55H37Cl. The van der Waals surface area contributed by atoms with Crippen molar-refractivity contribution in [2.24, 2.45) is 0 Å². The van der Waals surface area contributed by atoms with E-state index in [4.69, 9.17) is 11.6 Å². The summed E-state index contributed by atoms with van der Waals surface area (Å²) in [5.41, 5.74) is 18.6. The Labute approximate surface area is 334 Å².